The number of hydrogen-bond acceptors (Lipinski definition) is 7. The number of carbonyl (C=O) groups excluding carboxylic acids is 2. The average Bonchev–Trinajstić information content (AvgIpc) is 2.80. The molecule has 164 valence electrons. The van der Waals surface area contributed by atoms with Crippen molar-refractivity contribution in [2.75, 3.05) is 14.2 Å². The molecule has 0 radical (unpaired) electrons. The van der Waals surface area contributed by atoms with Crippen LogP contribution in [0.15, 0.2) is 70.2 Å². The summed E-state index contributed by atoms with van der Waals surface area (Å²) in [6, 6.07) is 15.7. The van der Waals surface area contributed by atoms with Crippen LogP contribution < -0.4 is 19.6 Å². The van der Waals surface area contributed by atoms with E-state index in [2.05, 4.69) is 26.5 Å². The Balaban J connectivity index is 1.78. The lowest BCUT2D eigenvalue weighted by atomic mass is 10.2. The van der Waals surface area contributed by atoms with Crippen molar-refractivity contribution in [3.63, 3.8) is 0 Å². The third kappa shape index (κ3) is 5.44. The van der Waals surface area contributed by atoms with Crippen LogP contribution in [0.25, 0.3) is 0 Å². The first-order chi connectivity index (χ1) is 15.4. The molecule has 0 aliphatic heterocycles. The minimum atomic E-state index is -0.610. The number of phenolic OH excluding ortho intramolecular Hbond substituents is 1. The Labute approximate surface area is 192 Å². The van der Waals surface area contributed by atoms with Crippen molar-refractivity contribution >= 4 is 34.0 Å². The number of esters is 1. The van der Waals surface area contributed by atoms with Gasteiger partial charge in [0.1, 0.15) is 11.5 Å². The largest absolute Gasteiger partial charge is 0.507 e. The fourth-order valence-corrected chi connectivity index (χ4v) is 3.10. The fourth-order valence-electron chi connectivity index (χ4n) is 2.72. The number of nitrogens with one attached hydrogen (secondary N) is 1. The van der Waals surface area contributed by atoms with E-state index in [0.29, 0.717) is 17.1 Å². The highest BCUT2D eigenvalue weighted by Gasteiger charge is 2.15. The van der Waals surface area contributed by atoms with Gasteiger partial charge in [-0.05, 0) is 48.5 Å². The number of halogens is 1. The van der Waals surface area contributed by atoms with Crippen LogP contribution in [-0.2, 0) is 0 Å². The van der Waals surface area contributed by atoms with E-state index in [1.54, 1.807) is 42.5 Å². The molecule has 0 aliphatic rings. The summed E-state index contributed by atoms with van der Waals surface area (Å²) in [5.74, 6) is -0.243. The van der Waals surface area contributed by atoms with Crippen LogP contribution in [0.4, 0.5) is 0 Å². The van der Waals surface area contributed by atoms with E-state index in [1.807, 2.05) is 0 Å². The van der Waals surface area contributed by atoms with E-state index in [0.717, 1.165) is 4.47 Å². The monoisotopic (exact) mass is 498 g/mol. The quantitative estimate of drug-likeness (QED) is 0.219. The summed E-state index contributed by atoms with van der Waals surface area (Å²) in [7, 11) is 2.97. The van der Waals surface area contributed by atoms with Crippen LogP contribution in [0.3, 0.4) is 0 Å². The summed E-state index contributed by atoms with van der Waals surface area (Å²) >= 11 is 3.36. The molecule has 32 heavy (non-hydrogen) atoms. The van der Waals surface area contributed by atoms with Crippen molar-refractivity contribution in [1.29, 1.82) is 0 Å². The number of para-hydroxylation sites is 1. The van der Waals surface area contributed by atoms with Crippen LogP contribution >= 0.6 is 15.9 Å². The van der Waals surface area contributed by atoms with Crippen molar-refractivity contribution < 1.29 is 28.9 Å². The van der Waals surface area contributed by atoms with Gasteiger partial charge in [0, 0.05) is 10.0 Å². The summed E-state index contributed by atoms with van der Waals surface area (Å²) in [5.41, 5.74) is 3.12. The smallest absolute Gasteiger partial charge is 0.343 e. The number of methoxy groups -OCH3 is 2. The number of nitrogens with zero attached hydrogens (tertiary/aromatic N) is 1. The predicted octanol–water partition coefficient (Wildman–Crippen LogP) is 4.16. The minimum absolute atomic E-state index is 0.0824. The minimum Gasteiger partial charge on any atom is -0.507 e. The SMILES string of the molecule is COc1ccc(C(=O)Oc2ccc(Br)cc2C=NNC(=O)c2ccccc2O)cc1OC. The number of phenols is 1. The molecule has 0 atom stereocenters. The molecule has 1 amide bonds. The van der Waals surface area contributed by atoms with Crippen LogP contribution in [0.2, 0.25) is 0 Å². The molecule has 0 aromatic heterocycles. The molecule has 0 saturated heterocycles. The molecule has 0 aliphatic carbocycles. The maximum Gasteiger partial charge on any atom is 0.343 e. The second-order valence-corrected chi connectivity index (χ2v) is 7.27. The summed E-state index contributed by atoms with van der Waals surface area (Å²) in [4.78, 5) is 24.8. The van der Waals surface area contributed by atoms with Gasteiger partial charge in [-0.3, -0.25) is 4.79 Å². The Kier molecular flexibility index (Phi) is 7.45. The maximum absolute atomic E-state index is 12.7. The zero-order chi connectivity index (χ0) is 23.1. The van der Waals surface area contributed by atoms with Gasteiger partial charge in [-0.15, -0.1) is 0 Å². The Morgan fingerprint density at radius 2 is 1.69 bits per heavy atom. The van der Waals surface area contributed by atoms with Crippen molar-refractivity contribution in [1.82, 2.24) is 5.43 Å². The number of amides is 1. The molecule has 8 nitrogen and oxygen atoms in total. The predicted molar refractivity (Wildman–Crippen MR) is 122 cm³/mol. The van der Waals surface area contributed by atoms with Crippen LogP contribution in [0.1, 0.15) is 26.3 Å². The van der Waals surface area contributed by atoms with Crippen LogP contribution in [0.5, 0.6) is 23.0 Å². The van der Waals surface area contributed by atoms with Gasteiger partial charge in [-0.1, -0.05) is 28.1 Å². The average molecular weight is 499 g/mol. The number of rotatable bonds is 7. The number of ether oxygens (including phenoxy) is 3. The second-order valence-electron chi connectivity index (χ2n) is 6.36. The molecular formula is C23H19BrN2O6. The zero-order valence-corrected chi connectivity index (χ0v) is 18.8. The summed E-state index contributed by atoms with van der Waals surface area (Å²) < 4.78 is 16.6. The number of carbonyl (C=O) groups is 2. The lowest BCUT2D eigenvalue weighted by Gasteiger charge is -2.11. The maximum atomic E-state index is 12.7. The standard InChI is InChI=1S/C23H19BrN2O6/c1-30-20-9-7-14(12-21(20)31-2)23(29)32-19-10-8-16(24)11-15(19)13-25-26-22(28)17-5-3-4-6-18(17)27/h3-13,27H,1-2H3,(H,26,28). The van der Waals surface area contributed by atoms with Crippen LogP contribution in [0, 0.1) is 0 Å². The highest BCUT2D eigenvalue weighted by molar-refractivity contribution is 9.10. The molecule has 0 fully saturated rings. The zero-order valence-electron chi connectivity index (χ0n) is 17.2. The van der Waals surface area contributed by atoms with E-state index in [1.165, 1.54) is 38.6 Å². The number of aromatic hydroxyl groups is 1. The molecule has 0 unspecified atom stereocenters. The molecule has 0 saturated carbocycles. The first kappa shape index (κ1) is 22.8. The first-order valence-corrected chi connectivity index (χ1v) is 10.1. The van der Waals surface area contributed by atoms with Crippen molar-refractivity contribution in [2.24, 2.45) is 5.10 Å². The molecule has 0 bridgehead atoms. The third-order valence-electron chi connectivity index (χ3n) is 4.31. The number of benzene rings is 3. The fraction of sp³-hybridized carbons (Fsp3) is 0.0870. The molecule has 0 spiro atoms. The molecule has 9 heteroatoms. The summed E-state index contributed by atoms with van der Waals surface area (Å²) in [5, 5.41) is 13.7. The van der Waals surface area contributed by atoms with Crippen molar-refractivity contribution in [2.45, 2.75) is 0 Å². The highest BCUT2D eigenvalue weighted by atomic mass is 79.9. The molecular weight excluding hydrogens is 480 g/mol. The number of hydrazone groups is 1. The molecule has 2 N–H and O–H groups in total. The highest BCUT2D eigenvalue weighted by Crippen LogP contribution is 2.29. The van der Waals surface area contributed by atoms with Crippen LogP contribution in [-0.4, -0.2) is 37.4 Å². The lowest BCUT2D eigenvalue weighted by Crippen LogP contribution is -2.17. The third-order valence-corrected chi connectivity index (χ3v) is 4.81. The first-order valence-electron chi connectivity index (χ1n) is 9.28. The Morgan fingerprint density at radius 3 is 2.41 bits per heavy atom. The van der Waals surface area contributed by atoms with E-state index >= 15 is 0 Å². The van der Waals surface area contributed by atoms with E-state index < -0.39 is 11.9 Å². The van der Waals surface area contributed by atoms with Gasteiger partial charge in [-0.2, -0.15) is 5.10 Å². The van der Waals surface area contributed by atoms with Gasteiger partial charge in [0.15, 0.2) is 11.5 Å². The van der Waals surface area contributed by atoms with E-state index in [9.17, 15) is 14.7 Å². The number of hydrogen-bond donors (Lipinski definition) is 2. The molecule has 3 rings (SSSR count). The van der Waals surface area contributed by atoms with Gasteiger partial charge >= 0.3 is 5.97 Å². The van der Waals surface area contributed by atoms with Gasteiger partial charge in [0.05, 0.1) is 31.6 Å². The Hall–Kier alpha value is -3.85. The molecule has 0 heterocycles. The van der Waals surface area contributed by atoms with Gasteiger partial charge < -0.3 is 19.3 Å². The Bertz CT molecular complexity index is 1180. The summed E-state index contributed by atoms with van der Waals surface area (Å²) in [6.07, 6.45) is 1.33. The molecule has 3 aromatic rings. The topological polar surface area (TPSA) is 106 Å². The van der Waals surface area contributed by atoms with Gasteiger partial charge in [-0.25, -0.2) is 10.2 Å². The second kappa shape index (κ2) is 10.5. The molecule has 3 aromatic carbocycles. The van der Waals surface area contributed by atoms with Crippen molar-refractivity contribution in [3.05, 3.63) is 81.8 Å². The normalized spacial score (nSPS) is 10.6. The van der Waals surface area contributed by atoms with Gasteiger partial charge in [0.2, 0.25) is 0 Å². The lowest BCUT2D eigenvalue weighted by molar-refractivity contribution is 0.0733. The van der Waals surface area contributed by atoms with E-state index in [4.69, 9.17) is 14.2 Å². The van der Waals surface area contributed by atoms with Crippen molar-refractivity contribution in [3.8, 4) is 23.0 Å². The van der Waals surface area contributed by atoms with E-state index in [-0.39, 0.29) is 22.6 Å². The van der Waals surface area contributed by atoms with Gasteiger partial charge in [0.25, 0.3) is 5.91 Å². The Morgan fingerprint density at radius 1 is 0.969 bits per heavy atom. The summed E-state index contributed by atoms with van der Waals surface area (Å²) in [6.45, 7) is 0.